The summed E-state index contributed by atoms with van der Waals surface area (Å²) in [5.74, 6) is -0.947. The van der Waals surface area contributed by atoms with Crippen molar-refractivity contribution >= 4 is 17.4 Å². The Balaban J connectivity index is 2.13. The standard InChI is InChI=1S/C21H23N3O4/c1-23(2)11-12-24-18(14-7-9-22-10-8-14)17(20(26)21(24)27)19(25)15-5-4-6-16(13-15)28-3/h4-10,13,18,25H,11-12H2,1-3H3/p+1. The number of nitrogens with one attached hydrogen (secondary N) is 1. The molecule has 28 heavy (non-hydrogen) atoms. The number of hydrogen-bond donors (Lipinski definition) is 2. The van der Waals surface area contributed by atoms with Crippen LogP contribution in [0.1, 0.15) is 17.2 Å². The van der Waals surface area contributed by atoms with Crippen LogP contribution in [0.15, 0.2) is 54.4 Å². The molecule has 0 aliphatic carbocycles. The number of ketones is 1. The first kappa shape index (κ1) is 19.6. The van der Waals surface area contributed by atoms with E-state index in [9.17, 15) is 14.7 Å². The van der Waals surface area contributed by atoms with Crippen molar-refractivity contribution in [3.05, 3.63) is 65.5 Å². The number of methoxy groups -OCH3 is 1. The highest BCUT2D eigenvalue weighted by molar-refractivity contribution is 6.46. The van der Waals surface area contributed by atoms with Crippen LogP contribution in [0.5, 0.6) is 5.75 Å². The van der Waals surface area contributed by atoms with Crippen LogP contribution in [0.3, 0.4) is 0 Å². The molecular formula is C21H24N3O4+. The molecule has 2 aromatic rings. The van der Waals surface area contributed by atoms with Gasteiger partial charge in [0.1, 0.15) is 11.5 Å². The van der Waals surface area contributed by atoms with Gasteiger partial charge in [0.15, 0.2) is 0 Å². The van der Waals surface area contributed by atoms with Crippen LogP contribution in [0.2, 0.25) is 0 Å². The number of benzene rings is 1. The van der Waals surface area contributed by atoms with Gasteiger partial charge < -0.3 is 19.6 Å². The molecule has 1 aromatic heterocycles. The number of aromatic nitrogens is 1. The lowest BCUT2D eigenvalue weighted by molar-refractivity contribution is -0.857. The fourth-order valence-corrected chi connectivity index (χ4v) is 3.27. The highest BCUT2D eigenvalue weighted by atomic mass is 16.5. The average molecular weight is 382 g/mol. The number of Topliss-reactive ketones (excluding diaryl/α,β-unsaturated/α-hetero) is 1. The van der Waals surface area contributed by atoms with E-state index < -0.39 is 17.7 Å². The Bertz CT molecular complexity index is 909. The van der Waals surface area contributed by atoms with Crippen molar-refractivity contribution in [3.8, 4) is 5.75 Å². The van der Waals surface area contributed by atoms with Gasteiger partial charge in [-0.15, -0.1) is 0 Å². The lowest BCUT2D eigenvalue weighted by Gasteiger charge is -2.25. The molecule has 1 fully saturated rings. The largest absolute Gasteiger partial charge is 0.507 e. The third kappa shape index (κ3) is 3.75. The Morgan fingerprint density at radius 3 is 2.57 bits per heavy atom. The van der Waals surface area contributed by atoms with Gasteiger partial charge in [-0.3, -0.25) is 14.6 Å². The molecule has 1 aromatic carbocycles. The fourth-order valence-electron chi connectivity index (χ4n) is 3.27. The second-order valence-corrected chi connectivity index (χ2v) is 6.96. The van der Waals surface area contributed by atoms with E-state index in [2.05, 4.69) is 4.98 Å². The van der Waals surface area contributed by atoms with Crippen molar-refractivity contribution in [1.29, 1.82) is 0 Å². The van der Waals surface area contributed by atoms with E-state index >= 15 is 0 Å². The zero-order valence-electron chi connectivity index (χ0n) is 16.2. The molecule has 2 heterocycles. The summed E-state index contributed by atoms with van der Waals surface area (Å²) < 4.78 is 5.21. The van der Waals surface area contributed by atoms with Gasteiger partial charge in [-0.2, -0.15) is 0 Å². The maximum absolute atomic E-state index is 12.9. The number of pyridine rings is 1. The second-order valence-electron chi connectivity index (χ2n) is 6.96. The number of hydrogen-bond acceptors (Lipinski definition) is 5. The molecule has 0 saturated carbocycles. The van der Waals surface area contributed by atoms with Gasteiger partial charge in [0.25, 0.3) is 11.7 Å². The minimum Gasteiger partial charge on any atom is -0.507 e. The van der Waals surface area contributed by atoms with Gasteiger partial charge in [0.2, 0.25) is 0 Å². The van der Waals surface area contributed by atoms with E-state index in [1.165, 1.54) is 12.0 Å². The molecule has 1 amide bonds. The van der Waals surface area contributed by atoms with Gasteiger partial charge >= 0.3 is 0 Å². The summed E-state index contributed by atoms with van der Waals surface area (Å²) in [5, 5.41) is 11.0. The molecule has 1 aliphatic rings. The minimum atomic E-state index is -0.684. The zero-order valence-corrected chi connectivity index (χ0v) is 16.2. The van der Waals surface area contributed by atoms with Crippen LogP contribution < -0.4 is 9.64 Å². The van der Waals surface area contributed by atoms with Gasteiger partial charge in [-0.25, -0.2) is 0 Å². The fraction of sp³-hybridized carbons (Fsp3) is 0.286. The van der Waals surface area contributed by atoms with E-state index in [1.807, 2.05) is 14.1 Å². The summed E-state index contributed by atoms with van der Waals surface area (Å²) >= 11 is 0. The summed E-state index contributed by atoms with van der Waals surface area (Å²) in [6.07, 6.45) is 3.22. The van der Waals surface area contributed by atoms with E-state index in [4.69, 9.17) is 4.74 Å². The number of carbonyl (C=O) groups is 2. The first-order chi connectivity index (χ1) is 13.4. The summed E-state index contributed by atoms with van der Waals surface area (Å²) in [6.45, 7) is 1.07. The number of nitrogens with zero attached hydrogens (tertiary/aromatic N) is 2. The summed E-state index contributed by atoms with van der Waals surface area (Å²) in [7, 11) is 5.49. The number of amides is 1. The highest BCUT2D eigenvalue weighted by Crippen LogP contribution is 2.39. The number of ether oxygens (including phenoxy) is 1. The third-order valence-corrected chi connectivity index (χ3v) is 4.76. The molecule has 146 valence electrons. The first-order valence-electron chi connectivity index (χ1n) is 9.05. The molecule has 2 N–H and O–H groups in total. The highest BCUT2D eigenvalue weighted by Gasteiger charge is 2.46. The van der Waals surface area contributed by atoms with E-state index in [0.717, 1.165) is 10.5 Å². The van der Waals surface area contributed by atoms with Crippen LogP contribution in [0.25, 0.3) is 5.76 Å². The van der Waals surface area contributed by atoms with Crippen LogP contribution in [-0.2, 0) is 9.59 Å². The Morgan fingerprint density at radius 1 is 1.21 bits per heavy atom. The van der Waals surface area contributed by atoms with Crippen LogP contribution >= 0.6 is 0 Å². The number of likely N-dealkylation sites (N-methyl/N-ethyl adjacent to an activating group) is 1. The second kappa shape index (κ2) is 8.22. The summed E-state index contributed by atoms with van der Waals surface area (Å²) in [5.41, 5.74) is 1.24. The molecule has 1 unspecified atom stereocenters. The third-order valence-electron chi connectivity index (χ3n) is 4.76. The van der Waals surface area contributed by atoms with Crippen LogP contribution in [-0.4, -0.2) is 61.0 Å². The lowest BCUT2D eigenvalue weighted by Crippen LogP contribution is -3.06. The first-order valence-corrected chi connectivity index (χ1v) is 9.05. The van der Waals surface area contributed by atoms with Crippen molar-refractivity contribution < 1.29 is 24.3 Å². The molecule has 0 radical (unpaired) electrons. The Hall–Kier alpha value is -3.19. The van der Waals surface area contributed by atoms with Crippen molar-refractivity contribution in [3.63, 3.8) is 0 Å². The normalized spacial score (nSPS) is 18.7. The minimum absolute atomic E-state index is 0.0817. The predicted octanol–water partition coefficient (Wildman–Crippen LogP) is 0.656. The van der Waals surface area contributed by atoms with E-state index in [-0.39, 0.29) is 11.3 Å². The SMILES string of the molecule is COc1cccc(C(O)=C2C(=O)C(=O)N(CC[NH+](C)C)C2c2ccncc2)c1. The van der Waals surface area contributed by atoms with Crippen molar-refractivity contribution in [1.82, 2.24) is 9.88 Å². The van der Waals surface area contributed by atoms with Gasteiger partial charge in [0.05, 0.1) is 45.9 Å². The zero-order chi connectivity index (χ0) is 20.3. The number of likely N-dealkylation sites (tertiary alicyclic amines) is 1. The van der Waals surface area contributed by atoms with Crippen molar-refractivity contribution in [2.24, 2.45) is 0 Å². The molecule has 1 atom stereocenters. The maximum Gasteiger partial charge on any atom is 0.295 e. The number of rotatable bonds is 6. The Kier molecular flexibility index (Phi) is 5.75. The van der Waals surface area contributed by atoms with Gasteiger partial charge in [-0.05, 0) is 29.8 Å². The molecule has 7 heteroatoms. The maximum atomic E-state index is 12.9. The lowest BCUT2D eigenvalue weighted by atomic mass is 9.96. The smallest absolute Gasteiger partial charge is 0.295 e. The molecular weight excluding hydrogens is 358 g/mol. The topological polar surface area (TPSA) is 84.2 Å². The van der Waals surface area contributed by atoms with E-state index in [0.29, 0.717) is 24.4 Å². The predicted molar refractivity (Wildman–Crippen MR) is 104 cm³/mol. The van der Waals surface area contributed by atoms with Crippen LogP contribution in [0, 0.1) is 0 Å². The van der Waals surface area contributed by atoms with Crippen molar-refractivity contribution in [2.75, 3.05) is 34.3 Å². The van der Waals surface area contributed by atoms with Gasteiger partial charge in [0, 0.05) is 18.0 Å². The molecule has 0 bridgehead atoms. The summed E-state index contributed by atoms with van der Waals surface area (Å²) in [6, 6.07) is 9.63. The average Bonchev–Trinajstić information content (AvgIpc) is 2.97. The molecule has 1 aliphatic heterocycles. The molecule has 7 nitrogen and oxygen atoms in total. The van der Waals surface area contributed by atoms with Gasteiger partial charge in [-0.1, -0.05) is 12.1 Å². The molecule has 3 rings (SSSR count). The number of aliphatic hydroxyl groups is 1. The molecule has 1 saturated heterocycles. The molecule has 0 spiro atoms. The monoisotopic (exact) mass is 382 g/mol. The van der Waals surface area contributed by atoms with Crippen LogP contribution in [0.4, 0.5) is 0 Å². The van der Waals surface area contributed by atoms with Crippen molar-refractivity contribution in [2.45, 2.75) is 6.04 Å². The Morgan fingerprint density at radius 2 is 1.93 bits per heavy atom. The Labute approximate surface area is 163 Å². The number of quaternary nitrogens is 1. The summed E-state index contributed by atoms with van der Waals surface area (Å²) in [4.78, 5) is 32.3. The quantitative estimate of drug-likeness (QED) is 0.436. The number of carbonyl (C=O) groups excluding carboxylic acids is 2. The van der Waals surface area contributed by atoms with E-state index in [1.54, 1.807) is 48.8 Å². The number of aliphatic hydroxyl groups excluding tert-OH is 1.